The fourth-order valence-corrected chi connectivity index (χ4v) is 3.34. The quantitative estimate of drug-likeness (QED) is 0.453. The van der Waals surface area contributed by atoms with Gasteiger partial charge in [0.1, 0.15) is 16.5 Å². The number of carbonyl (C=O) groups is 1. The normalized spacial score (nSPS) is 12.0. The maximum atomic E-state index is 12.9. The zero-order valence-corrected chi connectivity index (χ0v) is 17.8. The number of nitrogens with zero attached hydrogens (tertiary/aromatic N) is 6. The molecule has 1 atom stereocenters. The van der Waals surface area contributed by atoms with Gasteiger partial charge in [0.25, 0.3) is 5.91 Å². The second kappa shape index (κ2) is 8.15. The SMILES string of the molecule is Cc1cc(-c2nc(C(=O)NC(C)c3ccno3)c(N)nc2-c2ccn(C)n2)cc(Cl)n1. The number of halogens is 1. The van der Waals surface area contributed by atoms with E-state index in [2.05, 4.69) is 30.5 Å². The van der Waals surface area contributed by atoms with Crippen molar-refractivity contribution >= 4 is 23.3 Å². The molecule has 4 aromatic heterocycles. The van der Waals surface area contributed by atoms with Gasteiger partial charge < -0.3 is 15.6 Å². The minimum Gasteiger partial charge on any atom is -0.382 e. The molecule has 11 heteroatoms. The van der Waals surface area contributed by atoms with E-state index < -0.39 is 11.9 Å². The lowest BCUT2D eigenvalue weighted by molar-refractivity contribution is 0.0929. The Bertz CT molecular complexity index is 1230. The number of rotatable bonds is 5. The van der Waals surface area contributed by atoms with Crippen molar-refractivity contribution < 1.29 is 9.32 Å². The lowest BCUT2D eigenvalue weighted by atomic mass is 10.1. The summed E-state index contributed by atoms with van der Waals surface area (Å²) < 4.78 is 6.74. The van der Waals surface area contributed by atoms with E-state index in [0.29, 0.717) is 39.3 Å². The van der Waals surface area contributed by atoms with Gasteiger partial charge in [-0.3, -0.25) is 9.48 Å². The minimum absolute atomic E-state index is 0.0216. The van der Waals surface area contributed by atoms with Crippen LogP contribution in [0.15, 0.2) is 41.2 Å². The summed E-state index contributed by atoms with van der Waals surface area (Å²) in [6, 6.07) is 6.47. The highest BCUT2D eigenvalue weighted by Crippen LogP contribution is 2.31. The number of nitrogen functional groups attached to an aromatic ring is 1. The molecule has 158 valence electrons. The molecule has 0 saturated heterocycles. The Kier molecular flexibility index (Phi) is 5.38. The summed E-state index contributed by atoms with van der Waals surface area (Å²) in [5.74, 6) is -0.0232. The standard InChI is InChI=1S/C20H19ClN8O2/c1-10-8-12(9-15(21)24-10)16-17(13-5-7-29(3)28-13)27-19(22)18(26-16)20(30)25-11(2)14-4-6-23-31-14/h4-9,11H,1-3H3,(H2,22,27)(H,25,30). The number of pyridine rings is 1. The molecule has 31 heavy (non-hydrogen) atoms. The van der Waals surface area contributed by atoms with Crippen LogP contribution in [0, 0.1) is 6.92 Å². The van der Waals surface area contributed by atoms with Crippen LogP contribution in [0.3, 0.4) is 0 Å². The van der Waals surface area contributed by atoms with Crippen LogP contribution in [0.2, 0.25) is 5.15 Å². The minimum atomic E-state index is -0.500. The van der Waals surface area contributed by atoms with Crippen LogP contribution in [0.4, 0.5) is 5.82 Å². The lowest BCUT2D eigenvalue weighted by Crippen LogP contribution is -2.28. The summed E-state index contributed by atoms with van der Waals surface area (Å²) in [6.07, 6.45) is 3.28. The van der Waals surface area contributed by atoms with Crippen molar-refractivity contribution in [2.75, 3.05) is 5.73 Å². The highest BCUT2D eigenvalue weighted by molar-refractivity contribution is 6.29. The van der Waals surface area contributed by atoms with E-state index in [1.807, 2.05) is 6.92 Å². The maximum absolute atomic E-state index is 12.9. The largest absolute Gasteiger partial charge is 0.382 e. The van der Waals surface area contributed by atoms with Crippen molar-refractivity contribution in [3.05, 3.63) is 59.0 Å². The van der Waals surface area contributed by atoms with Gasteiger partial charge >= 0.3 is 0 Å². The molecular formula is C20H19ClN8O2. The zero-order chi connectivity index (χ0) is 22.1. The topological polar surface area (TPSA) is 138 Å². The molecular weight excluding hydrogens is 420 g/mol. The first-order chi connectivity index (χ1) is 14.8. The van der Waals surface area contributed by atoms with E-state index in [0.717, 1.165) is 0 Å². The molecule has 4 heterocycles. The number of nitrogens with two attached hydrogens (primary N) is 1. The highest BCUT2D eigenvalue weighted by atomic mass is 35.5. The third-order valence-corrected chi connectivity index (χ3v) is 4.72. The fourth-order valence-electron chi connectivity index (χ4n) is 3.09. The van der Waals surface area contributed by atoms with E-state index in [1.54, 1.807) is 49.1 Å². The van der Waals surface area contributed by atoms with Crippen molar-refractivity contribution in [1.29, 1.82) is 0 Å². The Morgan fingerprint density at radius 1 is 1.23 bits per heavy atom. The smallest absolute Gasteiger partial charge is 0.274 e. The first-order valence-electron chi connectivity index (χ1n) is 9.35. The number of hydrogen-bond acceptors (Lipinski definition) is 8. The summed E-state index contributed by atoms with van der Waals surface area (Å²) in [6.45, 7) is 3.57. The first-order valence-corrected chi connectivity index (χ1v) is 9.73. The van der Waals surface area contributed by atoms with E-state index in [4.69, 9.17) is 21.9 Å². The van der Waals surface area contributed by atoms with Crippen LogP contribution in [-0.2, 0) is 7.05 Å². The number of anilines is 1. The number of hydrogen-bond donors (Lipinski definition) is 2. The molecule has 10 nitrogen and oxygen atoms in total. The van der Waals surface area contributed by atoms with Gasteiger partial charge in [0.05, 0.1) is 17.9 Å². The van der Waals surface area contributed by atoms with Crippen LogP contribution in [0.25, 0.3) is 22.6 Å². The Morgan fingerprint density at radius 3 is 2.68 bits per heavy atom. The predicted octanol–water partition coefficient (Wildman–Crippen LogP) is 2.96. The van der Waals surface area contributed by atoms with Gasteiger partial charge in [-0.15, -0.1) is 0 Å². The highest BCUT2D eigenvalue weighted by Gasteiger charge is 2.23. The molecule has 0 bridgehead atoms. The number of carbonyl (C=O) groups excluding carboxylic acids is 1. The van der Waals surface area contributed by atoms with E-state index in [-0.39, 0.29) is 11.5 Å². The average Bonchev–Trinajstić information content (AvgIpc) is 3.38. The van der Waals surface area contributed by atoms with Crippen molar-refractivity contribution in [1.82, 2.24) is 35.2 Å². The molecule has 4 aromatic rings. The molecule has 0 saturated carbocycles. The van der Waals surface area contributed by atoms with Gasteiger partial charge in [0, 0.05) is 30.6 Å². The summed E-state index contributed by atoms with van der Waals surface area (Å²) in [5, 5.41) is 11.1. The summed E-state index contributed by atoms with van der Waals surface area (Å²) in [5.41, 5.74) is 8.84. The molecule has 0 aromatic carbocycles. The molecule has 0 aliphatic rings. The van der Waals surface area contributed by atoms with Crippen molar-refractivity contribution in [2.24, 2.45) is 7.05 Å². The molecule has 4 rings (SSSR count). The van der Waals surface area contributed by atoms with Crippen LogP contribution in [0.5, 0.6) is 0 Å². The molecule has 0 radical (unpaired) electrons. The molecule has 0 spiro atoms. The Labute approximate surface area is 182 Å². The number of nitrogens with one attached hydrogen (secondary N) is 1. The molecule has 0 aliphatic heterocycles. The Morgan fingerprint density at radius 2 is 2.03 bits per heavy atom. The van der Waals surface area contributed by atoms with Crippen LogP contribution in [-0.4, -0.2) is 35.8 Å². The number of amides is 1. The summed E-state index contributed by atoms with van der Waals surface area (Å²) in [4.78, 5) is 26.1. The van der Waals surface area contributed by atoms with Gasteiger partial charge in [-0.05, 0) is 32.0 Å². The third kappa shape index (κ3) is 4.24. The first kappa shape index (κ1) is 20.5. The second-order valence-corrected chi connectivity index (χ2v) is 7.35. The van der Waals surface area contributed by atoms with E-state index >= 15 is 0 Å². The van der Waals surface area contributed by atoms with Crippen molar-refractivity contribution in [3.8, 4) is 22.6 Å². The van der Waals surface area contributed by atoms with Crippen LogP contribution in [0.1, 0.15) is 34.9 Å². The molecule has 1 amide bonds. The summed E-state index contributed by atoms with van der Waals surface area (Å²) in [7, 11) is 1.79. The monoisotopic (exact) mass is 438 g/mol. The van der Waals surface area contributed by atoms with E-state index in [9.17, 15) is 4.79 Å². The van der Waals surface area contributed by atoms with Crippen LogP contribution >= 0.6 is 11.6 Å². The number of aryl methyl sites for hydroxylation is 2. The average molecular weight is 439 g/mol. The Hall–Kier alpha value is -3.79. The van der Waals surface area contributed by atoms with E-state index in [1.165, 1.54) is 6.20 Å². The molecule has 1 unspecified atom stereocenters. The Balaban J connectivity index is 1.81. The molecule has 3 N–H and O–H groups in total. The van der Waals surface area contributed by atoms with Gasteiger partial charge in [-0.2, -0.15) is 5.10 Å². The zero-order valence-electron chi connectivity index (χ0n) is 17.0. The van der Waals surface area contributed by atoms with Gasteiger partial charge in [-0.25, -0.2) is 15.0 Å². The second-order valence-electron chi connectivity index (χ2n) is 6.96. The van der Waals surface area contributed by atoms with Crippen molar-refractivity contribution in [2.45, 2.75) is 19.9 Å². The molecule has 0 aliphatic carbocycles. The fraction of sp³-hybridized carbons (Fsp3) is 0.200. The maximum Gasteiger partial charge on any atom is 0.274 e. The summed E-state index contributed by atoms with van der Waals surface area (Å²) >= 11 is 6.16. The molecule has 0 fully saturated rings. The van der Waals surface area contributed by atoms with Gasteiger partial charge in [0.2, 0.25) is 0 Å². The number of aromatic nitrogens is 6. The van der Waals surface area contributed by atoms with Gasteiger partial charge in [0.15, 0.2) is 17.3 Å². The third-order valence-electron chi connectivity index (χ3n) is 4.52. The van der Waals surface area contributed by atoms with Crippen molar-refractivity contribution in [3.63, 3.8) is 0 Å². The van der Waals surface area contributed by atoms with Crippen LogP contribution < -0.4 is 11.1 Å². The van der Waals surface area contributed by atoms with Gasteiger partial charge in [-0.1, -0.05) is 16.8 Å². The predicted molar refractivity (Wildman–Crippen MR) is 114 cm³/mol. The lowest BCUT2D eigenvalue weighted by Gasteiger charge is -2.14.